The summed E-state index contributed by atoms with van der Waals surface area (Å²) in [6.45, 7) is 0. The Bertz CT molecular complexity index is 532. The van der Waals surface area contributed by atoms with Gasteiger partial charge in [-0.2, -0.15) is 13.2 Å². The minimum absolute atomic E-state index is 0.281. The highest BCUT2D eigenvalue weighted by atomic mass is 79.9. The van der Waals surface area contributed by atoms with Gasteiger partial charge in [0.2, 0.25) is 0 Å². The molecule has 0 radical (unpaired) electrons. The second-order valence-corrected chi connectivity index (χ2v) is 4.88. The number of halogens is 4. The van der Waals surface area contributed by atoms with Crippen LogP contribution in [0.15, 0.2) is 53.0 Å². The van der Waals surface area contributed by atoms with Crippen molar-refractivity contribution in [2.75, 3.05) is 0 Å². The lowest BCUT2D eigenvalue weighted by molar-refractivity contribution is -0.138. The van der Waals surface area contributed by atoms with Crippen molar-refractivity contribution in [2.24, 2.45) is 0 Å². The first-order chi connectivity index (χ1) is 8.47. The molecule has 2 aromatic rings. The van der Waals surface area contributed by atoms with E-state index in [-0.39, 0.29) is 12.0 Å². The smallest absolute Gasteiger partial charge is 0.166 e. The van der Waals surface area contributed by atoms with Crippen LogP contribution in [0, 0.1) is 0 Å². The third-order valence-electron chi connectivity index (χ3n) is 2.61. The monoisotopic (exact) mass is 314 g/mol. The van der Waals surface area contributed by atoms with Crippen LogP contribution in [0.4, 0.5) is 13.2 Å². The van der Waals surface area contributed by atoms with E-state index < -0.39 is 11.7 Å². The summed E-state index contributed by atoms with van der Waals surface area (Å²) < 4.78 is 39.2. The summed E-state index contributed by atoms with van der Waals surface area (Å²) in [7, 11) is 0. The van der Waals surface area contributed by atoms with Gasteiger partial charge in [-0.3, -0.25) is 0 Å². The largest absolute Gasteiger partial charge is 0.416 e. The molecule has 0 saturated carbocycles. The predicted molar refractivity (Wildman–Crippen MR) is 68.4 cm³/mol. The fraction of sp³-hybridized carbons (Fsp3) is 0.143. The summed E-state index contributed by atoms with van der Waals surface area (Å²) in [5.74, 6) is 0. The van der Waals surface area contributed by atoms with Gasteiger partial charge in [0.15, 0.2) is 0 Å². The number of benzene rings is 2. The normalized spacial score (nSPS) is 11.6. The van der Waals surface area contributed by atoms with Gasteiger partial charge >= 0.3 is 6.18 Å². The quantitative estimate of drug-likeness (QED) is 0.727. The molecule has 0 bridgehead atoms. The fourth-order valence-electron chi connectivity index (χ4n) is 1.78. The Labute approximate surface area is 112 Å². The van der Waals surface area contributed by atoms with E-state index in [1.54, 1.807) is 6.07 Å². The van der Waals surface area contributed by atoms with Gasteiger partial charge in [-0.05, 0) is 29.7 Å². The van der Waals surface area contributed by atoms with Crippen molar-refractivity contribution in [3.05, 3.63) is 69.7 Å². The number of hydrogen-bond acceptors (Lipinski definition) is 0. The van der Waals surface area contributed by atoms with Gasteiger partial charge in [-0.15, -0.1) is 0 Å². The fourth-order valence-corrected chi connectivity index (χ4v) is 2.14. The molecule has 0 unspecified atom stereocenters. The average molecular weight is 315 g/mol. The molecule has 0 N–H and O–H groups in total. The molecule has 0 saturated heterocycles. The van der Waals surface area contributed by atoms with Gasteiger partial charge in [0.05, 0.1) is 5.56 Å². The van der Waals surface area contributed by atoms with E-state index in [1.807, 2.05) is 30.3 Å². The Morgan fingerprint density at radius 1 is 0.944 bits per heavy atom. The van der Waals surface area contributed by atoms with Crippen LogP contribution >= 0.6 is 15.9 Å². The van der Waals surface area contributed by atoms with Gasteiger partial charge in [-0.1, -0.05) is 52.3 Å². The first-order valence-corrected chi connectivity index (χ1v) is 6.15. The topological polar surface area (TPSA) is 0 Å². The molecule has 0 aliphatic carbocycles. The zero-order valence-corrected chi connectivity index (χ0v) is 10.9. The highest BCUT2D eigenvalue weighted by Crippen LogP contribution is 2.34. The summed E-state index contributed by atoms with van der Waals surface area (Å²) in [5, 5.41) is 0. The van der Waals surface area contributed by atoms with E-state index in [9.17, 15) is 13.2 Å². The summed E-state index contributed by atoms with van der Waals surface area (Å²) in [6.07, 6.45) is -4.04. The maximum Gasteiger partial charge on any atom is 0.416 e. The zero-order valence-electron chi connectivity index (χ0n) is 9.34. The lowest BCUT2D eigenvalue weighted by Crippen LogP contribution is -2.09. The van der Waals surface area contributed by atoms with Gasteiger partial charge < -0.3 is 0 Å². The number of alkyl halides is 3. The van der Waals surface area contributed by atoms with E-state index in [0.717, 1.165) is 11.6 Å². The van der Waals surface area contributed by atoms with E-state index in [4.69, 9.17) is 0 Å². The van der Waals surface area contributed by atoms with Crippen LogP contribution in [-0.2, 0) is 12.6 Å². The summed E-state index contributed by atoms with van der Waals surface area (Å²) in [5.41, 5.74) is 0.572. The Balaban J connectivity index is 2.39. The Morgan fingerprint density at radius 3 is 2.22 bits per heavy atom. The lowest BCUT2D eigenvalue weighted by atomic mass is 9.99. The highest BCUT2D eigenvalue weighted by Gasteiger charge is 2.33. The molecular weight excluding hydrogens is 305 g/mol. The van der Waals surface area contributed by atoms with Crippen molar-refractivity contribution < 1.29 is 13.2 Å². The van der Waals surface area contributed by atoms with Gasteiger partial charge in [-0.25, -0.2) is 0 Å². The Kier molecular flexibility index (Phi) is 3.76. The van der Waals surface area contributed by atoms with Gasteiger partial charge in [0.25, 0.3) is 0 Å². The zero-order chi connectivity index (χ0) is 13.2. The van der Waals surface area contributed by atoms with E-state index in [1.165, 1.54) is 6.07 Å². The Hall–Kier alpha value is -1.29. The maximum atomic E-state index is 12.9. The number of rotatable bonds is 2. The van der Waals surface area contributed by atoms with Crippen molar-refractivity contribution >= 4 is 15.9 Å². The molecule has 2 rings (SSSR count). The lowest BCUT2D eigenvalue weighted by Gasteiger charge is -2.13. The summed E-state index contributed by atoms with van der Waals surface area (Å²) in [4.78, 5) is 0. The molecule has 0 fully saturated rings. The van der Waals surface area contributed by atoms with Crippen LogP contribution in [0.5, 0.6) is 0 Å². The molecule has 0 atom stereocenters. The van der Waals surface area contributed by atoms with Crippen LogP contribution in [0.25, 0.3) is 0 Å². The molecule has 94 valence electrons. The average Bonchev–Trinajstić information content (AvgIpc) is 2.31. The first kappa shape index (κ1) is 13.1. The van der Waals surface area contributed by atoms with Gasteiger partial charge in [0, 0.05) is 4.47 Å². The maximum absolute atomic E-state index is 12.9. The molecule has 0 nitrogen and oxygen atoms in total. The standard InChI is InChI=1S/C14H10BrF3/c15-12-7-6-11(13(9-12)14(16,17)18)8-10-4-2-1-3-5-10/h1-7,9H,8H2. The molecule has 0 aliphatic heterocycles. The first-order valence-electron chi connectivity index (χ1n) is 5.36. The molecule has 2 aromatic carbocycles. The SMILES string of the molecule is FC(F)(F)c1cc(Br)ccc1Cc1ccccc1. The second-order valence-electron chi connectivity index (χ2n) is 3.96. The van der Waals surface area contributed by atoms with E-state index in [0.29, 0.717) is 4.47 Å². The molecular formula is C14H10BrF3. The van der Waals surface area contributed by atoms with Crippen LogP contribution in [-0.4, -0.2) is 0 Å². The molecule has 0 spiro atoms. The van der Waals surface area contributed by atoms with Crippen molar-refractivity contribution in [1.29, 1.82) is 0 Å². The van der Waals surface area contributed by atoms with Crippen LogP contribution < -0.4 is 0 Å². The van der Waals surface area contributed by atoms with Crippen molar-refractivity contribution in [3.8, 4) is 0 Å². The molecule has 18 heavy (non-hydrogen) atoms. The summed E-state index contributed by atoms with van der Waals surface area (Å²) in [6, 6.07) is 13.4. The van der Waals surface area contributed by atoms with Crippen molar-refractivity contribution in [3.63, 3.8) is 0 Å². The predicted octanol–water partition coefficient (Wildman–Crippen LogP) is 5.06. The second kappa shape index (κ2) is 5.14. The highest BCUT2D eigenvalue weighted by molar-refractivity contribution is 9.10. The van der Waals surface area contributed by atoms with Crippen molar-refractivity contribution in [1.82, 2.24) is 0 Å². The molecule has 0 amide bonds. The minimum Gasteiger partial charge on any atom is -0.166 e. The number of hydrogen-bond donors (Lipinski definition) is 0. The molecule has 0 heterocycles. The van der Waals surface area contributed by atoms with E-state index >= 15 is 0 Å². The van der Waals surface area contributed by atoms with Crippen LogP contribution in [0.1, 0.15) is 16.7 Å². The third kappa shape index (κ3) is 3.13. The van der Waals surface area contributed by atoms with Crippen LogP contribution in [0.2, 0.25) is 0 Å². The van der Waals surface area contributed by atoms with Crippen LogP contribution in [0.3, 0.4) is 0 Å². The Morgan fingerprint density at radius 2 is 1.61 bits per heavy atom. The van der Waals surface area contributed by atoms with Gasteiger partial charge in [0.1, 0.15) is 0 Å². The molecule has 0 aromatic heterocycles. The molecule has 4 heteroatoms. The molecule has 0 aliphatic rings. The van der Waals surface area contributed by atoms with E-state index in [2.05, 4.69) is 15.9 Å². The summed E-state index contributed by atoms with van der Waals surface area (Å²) >= 11 is 3.07. The minimum atomic E-state index is -4.33. The third-order valence-corrected chi connectivity index (χ3v) is 3.11. The van der Waals surface area contributed by atoms with Crippen molar-refractivity contribution in [2.45, 2.75) is 12.6 Å².